The Kier molecular flexibility index (Phi) is 3.01. The van der Waals surface area contributed by atoms with Crippen LogP contribution in [0.1, 0.15) is 37.7 Å². The lowest BCUT2D eigenvalue weighted by molar-refractivity contribution is 0.195. The maximum Gasteiger partial charge on any atom is 0.413 e. The number of carbonyl (C=O) groups excluding carboxylic acids is 1. The van der Waals surface area contributed by atoms with Crippen molar-refractivity contribution in [1.29, 1.82) is 0 Å². The van der Waals surface area contributed by atoms with Gasteiger partial charge in [-0.15, -0.1) is 0 Å². The van der Waals surface area contributed by atoms with Crippen molar-refractivity contribution in [2.45, 2.75) is 37.6 Å². The number of halogens is 1. The molecule has 1 amide bonds. The summed E-state index contributed by atoms with van der Waals surface area (Å²) in [6.45, 7) is 0. The van der Waals surface area contributed by atoms with Gasteiger partial charge in [-0.1, -0.05) is 31.4 Å². The molecular formula is C15H16FNO2. The van der Waals surface area contributed by atoms with Gasteiger partial charge in [0.25, 0.3) is 0 Å². The molecule has 19 heavy (non-hydrogen) atoms. The molecule has 1 saturated carbocycles. The van der Waals surface area contributed by atoms with Crippen molar-refractivity contribution in [2.75, 3.05) is 0 Å². The van der Waals surface area contributed by atoms with E-state index in [0.29, 0.717) is 5.76 Å². The van der Waals surface area contributed by atoms with E-state index >= 15 is 0 Å². The lowest BCUT2D eigenvalue weighted by atomic mass is 9.80. The van der Waals surface area contributed by atoms with Crippen molar-refractivity contribution in [3.05, 3.63) is 41.4 Å². The van der Waals surface area contributed by atoms with Crippen LogP contribution < -0.4 is 5.32 Å². The Morgan fingerprint density at radius 2 is 1.84 bits per heavy atom. The van der Waals surface area contributed by atoms with Gasteiger partial charge in [-0.3, -0.25) is 0 Å². The summed E-state index contributed by atoms with van der Waals surface area (Å²) in [6, 6.07) is 6.18. The molecule has 2 aliphatic rings. The third kappa shape index (κ3) is 2.35. The molecule has 0 aromatic heterocycles. The maximum absolute atomic E-state index is 12.9. The fourth-order valence-electron chi connectivity index (χ4n) is 2.88. The number of hydrogen-bond acceptors (Lipinski definition) is 2. The van der Waals surface area contributed by atoms with Gasteiger partial charge in [0.1, 0.15) is 17.1 Å². The number of carbonyl (C=O) groups is 1. The fourth-order valence-corrected chi connectivity index (χ4v) is 2.88. The lowest BCUT2D eigenvalue weighted by Gasteiger charge is -2.31. The van der Waals surface area contributed by atoms with E-state index in [1.807, 2.05) is 6.08 Å². The first kappa shape index (κ1) is 12.2. The van der Waals surface area contributed by atoms with Gasteiger partial charge in [-0.25, -0.2) is 9.18 Å². The lowest BCUT2D eigenvalue weighted by Crippen LogP contribution is -2.43. The summed E-state index contributed by atoms with van der Waals surface area (Å²) in [5.74, 6) is 0.403. The van der Waals surface area contributed by atoms with Crippen molar-refractivity contribution in [2.24, 2.45) is 0 Å². The van der Waals surface area contributed by atoms with Crippen LogP contribution in [0.3, 0.4) is 0 Å². The van der Waals surface area contributed by atoms with E-state index in [-0.39, 0.29) is 17.4 Å². The van der Waals surface area contributed by atoms with E-state index < -0.39 is 0 Å². The minimum absolute atomic E-state index is 0.268. The van der Waals surface area contributed by atoms with Crippen molar-refractivity contribution in [3.8, 4) is 0 Å². The Balaban J connectivity index is 1.92. The van der Waals surface area contributed by atoms with Crippen LogP contribution in [0.2, 0.25) is 0 Å². The predicted octanol–water partition coefficient (Wildman–Crippen LogP) is 3.61. The summed E-state index contributed by atoms with van der Waals surface area (Å²) in [6.07, 6.45) is 6.64. The van der Waals surface area contributed by atoms with Crippen molar-refractivity contribution < 1.29 is 13.9 Å². The molecule has 1 aliphatic carbocycles. The molecular weight excluding hydrogens is 245 g/mol. The summed E-state index contributed by atoms with van der Waals surface area (Å²) in [5, 5.41) is 2.95. The fraction of sp³-hybridized carbons (Fsp3) is 0.400. The van der Waals surface area contributed by atoms with Gasteiger partial charge in [0, 0.05) is 0 Å². The second-order valence-electron chi connectivity index (χ2n) is 5.22. The average molecular weight is 261 g/mol. The molecule has 2 fully saturated rings. The van der Waals surface area contributed by atoms with E-state index in [1.165, 1.54) is 18.6 Å². The van der Waals surface area contributed by atoms with Gasteiger partial charge in [-0.05, 0) is 36.6 Å². The summed E-state index contributed by atoms with van der Waals surface area (Å²) in [4.78, 5) is 11.5. The topological polar surface area (TPSA) is 38.3 Å². The third-order valence-corrected chi connectivity index (χ3v) is 3.89. The normalized spacial score (nSPS) is 23.4. The molecule has 1 N–H and O–H groups in total. The van der Waals surface area contributed by atoms with Gasteiger partial charge < -0.3 is 10.1 Å². The summed E-state index contributed by atoms with van der Waals surface area (Å²) in [5.41, 5.74) is 0.502. The Labute approximate surface area is 111 Å². The Morgan fingerprint density at radius 3 is 2.53 bits per heavy atom. The highest BCUT2D eigenvalue weighted by Gasteiger charge is 2.45. The zero-order valence-corrected chi connectivity index (χ0v) is 10.6. The minimum Gasteiger partial charge on any atom is -0.412 e. The Bertz CT molecular complexity index is 515. The van der Waals surface area contributed by atoms with Crippen LogP contribution in [0.4, 0.5) is 9.18 Å². The number of benzene rings is 1. The summed E-state index contributed by atoms with van der Waals surface area (Å²) in [7, 11) is 0. The predicted molar refractivity (Wildman–Crippen MR) is 69.8 cm³/mol. The SMILES string of the molecule is O=C1NC2(CCCCC2)/C(=C/c2ccc(F)cc2)O1. The number of nitrogens with one attached hydrogen (secondary N) is 1. The Morgan fingerprint density at radius 1 is 1.16 bits per heavy atom. The van der Waals surface area contributed by atoms with Gasteiger partial charge in [0.15, 0.2) is 0 Å². The first-order chi connectivity index (χ1) is 9.18. The summed E-state index contributed by atoms with van der Waals surface area (Å²) < 4.78 is 18.2. The first-order valence-electron chi connectivity index (χ1n) is 6.66. The number of ether oxygens (including phenoxy) is 1. The quantitative estimate of drug-likeness (QED) is 0.838. The molecule has 1 saturated heterocycles. The molecule has 0 unspecified atom stereocenters. The van der Waals surface area contributed by atoms with Gasteiger partial charge in [0.05, 0.1) is 0 Å². The zero-order chi connectivity index (χ0) is 13.3. The van der Waals surface area contributed by atoms with Crippen LogP contribution in [0.15, 0.2) is 30.0 Å². The van der Waals surface area contributed by atoms with Crippen LogP contribution >= 0.6 is 0 Å². The number of alkyl carbamates (subject to hydrolysis) is 1. The van der Waals surface area contributed by atoms with Crippen LogP contribution in [0, 0.1) is 5.82 Å². The maximum atomic E-state index is 12.9. The molecule has 1 spiro atoms. The van der Waals surface area contributed by atoms with Gasteiger partial charge in [0.2, 0.25) is 0 Å². The van der Waals surface area contributed by atoms with Crippen LogP contribution in [0.25, 0.3) is 6.08 Å². The molecule has 0 atom stereocenters. The Hall–Kier alpha value is -1.84. The van der Waals surface area contributed by atoms with Crippen LogP contribution in [-0.2, 0) is 4.74 Å². The molecule has 1 aliphatic heterocycles. The largest absolute Gasteiger partial charge is 0.413 e. The molecule has 0 bridgehead atoms. The van der Waals surface area contributed by atoms with E-state index in [9.17, 15) is 9.18 Å². The van der Waals surface area contributed by atoms with E-state index in [2.05, 4.69) is 5.32 Å². The highest BCUT2D eigenvalue weighted by molar-refractivity contribution is 5.77. The summed E-state index contributed by atoms with van der Waals surface area (Å²) >= 11 is 0. The molecule has 3 rings (SSSR count). The van der Waals surface area contributed by atoms with E-state index in [4.69, 9.17) is 4.74 Å². The first-order valence-corrected chi connectivity index (χ1v) is 6.66. The van der Waals surface area contributed by atoms with Gasteiger partial charge in [-0.2, -0.15) is 0 Å². The molecule has 4 heteroatoms. The molecule has 1 heterocycles. The van der Waals surface area contributed by atoms with Crippen LogP contribution in [0.5, 0.6) is 0 Å². The zero-order valence-electron chi connectivity index (χ0n) is 10.6. The van der Waals surface area contributed by atoms with Crippen molar-refractivity contribution in [3.63, 3.8) is 0 Å². The second kappa shape index (κ2) is 4.68. The highest BCUT2D eigenvalue weighted by Crippen LogP contribution is 2.39. The van der Waals surface area contributed by atoms with Crippen LogP contribution in [-0.4, -0.2) is 11.6 Å². The number of amides is 1. The molecule has 1 aromatic carbocycles. The number of cyclic esters (lactones) is 1. The van der Waals surface area contributed by atoms with Gasteiger partial charge >= 0.3 is 6.09 Å². The molecule has 0 radical (unpaired) electrons. The average Bonchev–Trinajstić information content (AvgIpc) is 2.69. The van der Waals surface area contributed by atoms with Crippen molar-refractivity contribution in [1.82, 2.24) is 5.32 Å². The monoisotopic (exact) mass is 261 g/mol. The molecule has 100 valence electrons. The van der Waals surface area contributed by atoms with E-state index in [0.717, 1.165) is 31.2 Å². The number of hydrogen-bond donors (Lipinski definition) is 1. The molecule has 1 aromatic rings. The smallest absolute Gasteiger partial charge is 0.412 e. The second-order valence-corrected chi connectivity index (χ2v) is 5.22. The highest BCUT2D eigenvalue weighted by atomic mass is 19.1. The minimum atomic E-state index is -0.379. The van der Waals surface area contributed by atoms with Crippen molar-refractivity contribution >= 4 is 12.2 Å². The molecule has 3 nitrogen and oxygen atoms in total. The van der Waals surface area contributed by atoms with E-state index in [1.54, 1.807) is 12.1 Å². The standard InChI is InChI=1S/C15H16FNO2/c16-12-6-4-11(5-7-12)10-13-15(17-14(18)19-13)8-2-1-3-9-15/h4-7,10H,1-3,8-9H2,(H,17,18)/b13-10-. The third-order valence-electron chi connectivity index (χ3n) is 3.89. The number of rotatable bonds is 1.